The van der Waals surface area contributed by atoms with E-state index in [9.17, 15) is 5.11 Å². The lowest BCUT2D eigenvalue weighted by molar-refractivity contribution is -0.202. The number of para-hydroxylation sites is 1. The number of nitrogens with one attached hydrogen (secondary N) is 1. The fourth-order valence-electron chi connectivity index (χ4n) is 3.89. The monoisotopic (exact) mass is 352 g/mol. The number of fused-ring (bicyclic) bond motifs is 3. The number of benzene rings is 2. The molecular formula is C21H24N2O3. The van der Waals surface area contributed by atoms with E-state index in [2.05, 4.69) is 35.3 Å². The van der Waals surface area contributed by atoms with Gasteiger partial charge in [0.05, 0.1) is 13.2 Å². The number of aliphatic hydroxyl groups is 1. The Morgan fingerprint density at radius 2 is 1.96 bits per heavy atom. The number of aromatic nitrogens is 1. The van der Waals surface area contributed by atoms with E-state index in [1.54, 1.807) is 7.11 Å². The van der Waals surface area contributed by atoms with Gasteiger partial charge in [0.2, 0.25) is 6.41 Å². The summed E-state index contributed by atoms with van der Waals surface area (Å²) in [5.74, 6) is 0.818. The summed E-state index contributed by atoms with van der Waals surface area (Å²) in [4.78, 5) is 5.58. The molecule has 1 aliphatic heterocycles. The van der Waals surface area contributed by atoms with Gasteiger partial charge in [0.15, 0.2) is 0 Å². The highest BCUT2D eigenvalue weighted by molar-refractivity contribution is 5.85. The van der Waals surface area contributed by atoms with E-state index in [1.165, 1.54) is 10.9 Å². The number of methoxy groups -OCH3 is 1. The van der Waals surface area contributed by atoms with Crippen LogP contribution in [0, 0.1) is 0 Å². The molecule has 5 nitrogen and oxygen atoms in total. The van der Waals surface area contributed by atoms with Crippen LogP contribution in [0.1, 0.15) is 29.8 Å². The van der Waals surface area contributed by atoms with Gasteiger partial charge in [0.25, 0.3) is 0 Å². The molecule has 0 saturated carbocycles. The Morgan fingerprint density at radius 3 is 2.69 bits per heavy atom. The highest BCUT2D eigenvalue weighted by Crippen LogP contribution is 2.39. The lowest BCUT2D eigenvalue weighted by Gasteiger charge is -2.38. The van der Waals surface area contributed by atoms with E-state index in [-0.39, 0.29) is 6.04 Å². The van der Waals surface area contributed by atoms with E-state index in [1.807, 2.05) is 30.0 Å². The van der Waals surface area contributed by atoms with Crippen molar-refractivity contribution >= 4 is 10.9 Å². The van der Waals surface area contributed by atoms with Crippen LogP contribution < -0.4 is 4.74 Å². The number of aliphatic hydroxyl groups excluding tert-OH is 1. The second kappa shape index (κ2) is 7.11. The van der Waals surface area contributed by atoms with Gasteiger partial charge in [-0.05, 0) is 42.7 Å². The first kappa shape index (κ1) is 17.1. The Labute approximate surface area is 153 Å². The Hall–Kier alpha value is -2.34. The summed E-state index contributed by atoms with van der Waals surface area (Å²) in [7, 11) is 1.66. The SMILES string of the molecule is CCOC(O)N1CCc2c([nH]c3ccccc23)C1c1ccc(OC)cc1. The van der Waals surface area contributed by atoms with Crippen LogP contribution in [-0.4, -0.2) is 41.7 Å². The molecule has 2 N–H and O–H groups in total. The van der Waals surface area contributed by atoms with Gasteiger partial charge < -0.3 is 19.6 Å². The molecule has 0 amide bonds. The van der Waals surface area contributed by atoms with Gasteiger partial charge in [0, 0.05) is 29.7 Å². The number of hydrogen-bond acceptors (Lipinski definition) is 4. The molecule has 26 heavy (non-hydrogen) atoms. The summed E-state index contributed by atoms with van der Waals surface area (Å²) in [6, 6.07) is 16.3. The maximum absolute atomic E-state index is 10.6. The number of rotatable bonds is 5. The molecule has 0 radical (unpaired) electrons. The minimum Gasteiger partial charge on any atom is -0.497 e. The van der Waals surface area contributed by atoms with Gasteiger partial charge in [-0.25, -0.2) is 4.90 Å². The normalized spacial score (nSPS) is 18.7. The predicted octanol–water partition coefficient (Wildman–Crippen LogP) is 3.44. The summed E-state index contributed by atoms with van der Waals surface area (Å²) in [6.45, 7) is 3.09. The first-order valence-electron chi connectivity index (χ1n) is 9.01. The number of hydrogen-bond donors (Lipinski definition) is 2. The Bertz CT molecular complexity index is 888. The molecule has 2 heterocycles. The topological polar surface area (TPSA) is 57.7 Å². The zero-order valence-corrected chi connectivity index (χ0v) is 15.1. The molecule has 2 aromatic carbocycles. The summed E-state index contributed by atoms with van der Waals surface area (Å²) in [6.07, 6.45) is -0.0671. The van der Waals surface area contributed by atoms with Crippen LogP contribution in [0.15, 0.2) is 48.5 Å². The molecular weight excluding hydrogens is 328 g/mol. The van der Waals surface area contributed by atoms with Crippen molar-refractivity contribution in [2.24, 2.45) is 0 Å². The van der Waals surface area contributed by atoms with E-state index in [0.29, 0.717) is 6.61 Å². The quantitative estimate of drug-likeness (QED) is 0.691. The zero-order chi connectivity index (χ0) is 18.1. The third-order valence-electron chi connectivity index (χ3n) is 5.10. The zero-order valence-electron chi connectivity index (χ0n) is 15.1. The standard InChI is InChI=1S/C21H24N2O3/c1-3-26-21(24)23-13-12-17-16-6-4-5-7-18(16)22-19(17)20(23)14-8-10-15(25-2)11-9-14/h4-11,20-22,24H,3,12-13H2,1-2H3. The van der Waals surface area contributed by atoms with Crippen LogP contribution in [-0.2, 0) is 11.2 Å². The van der Waals surface area contributed by atoms with Gasteiger partial charge in [-0.2, -0.15) is 0 Å². The molecule has 0 aliphatic carbocycles. The molecule has 5 heteroatoms. The molecule has 0 fully saturated rings. The minimum atomic E-state index is -0.938. The van der Waals surface area contributed by atoms with Crippen LogP contribution in [0.5, 0.6) is 5.75 Å². The molecule has 0 spiro atoms. The van der Waals surface area contributed by atoms with E-state index in [0.717, 1.165) is 35.5 Å². The van der Waals surface area contributed by atoms with Gasteiger partial charge in [-0.3, -0.25) is 0 Å². The first-order chi connectivity index (χ1) is 12.7. The van der Waals surface area contributed by atoms with Crippen LogP contribution in [0.4, 0.5) is 0 Å². The van der Waals surface area contributed by atoms with Gasteiger partial charge in [-0.1, -0.05) is 30.3 Å². The fraction of sp³-hybridized carbons (Fsp3) is 0.333. The van der Waals surface area contributed by atoms with Gasteiger partial charge in [-0.15, -0.1) is 0 Å². The van der Waals surface area contributed by atoms with Crippen molar-refractivity contribution < 1.29 is 14.6 Å². The smallest absolute Gasteiger partial charge is 0.216 e. The number of nitrogens with zero attached hydrogens (tertiary/aromatic N) is 1. The van der Waals surface area contributed by atoms with Crippen molar-refractivity contribution in [1.29, 1.82) is 0 Å². The van der Waals surface area contributed by atoms with Crippen molar-refractivity contribution in [3.8, 4) is 5.75 Å². The molecule has 4 rings (SSSR count). The summed E-state index contributed by atoms with van der Waals surface area (Å²) in [5, 5.41) is 11.8. The van der Waals surface area contributed by atoms with Crippen molar-refractivity contribution in [3.05, 3.63) is 65.4 Å². The van der Waals surface area contributed by atoms with Crippen molar-refractivity contribution in [2.75, 3.05) is 20.3 Å². The lowest BCUT2D eigenvalue weighted by atomic mass is 9.92. The Balaban J connectivity index is 1.83. The van der Waals surface area contributed by atoms with Crippen molar-refractivity contribution in [1.82, 2.24) is 9.88 Å². The maximum Gasteiger partial charge on any atom is 0.216 e. The van der Waals surface area contributed by atoms with E-state index in [4.69, 9.17) is 9.47 Å². The second-order valence-electron chi connectivity index (χ2n) is 6.51. The lowest BCUT2D eigenvalue weighted by Crippen LogP contribution is -2.44. The van der Waals surface area contributed by atoms with Crippen LogP contribution in [0.25, 0.3) is 10.9 Å². The number of aromatic amines is 1. The molecule has 0 saturated heterocycles. The average Bonchev–Trinajstić information content (AvgIpc) is 3.06. The molecule has 136 valence electrons. The highest BCUT2D eigenvalue weighted by Gasteiger charge is 2.35. The highest BCUT2D eigenvalue weighted by atomic mass is 16.6. The van der Waals surface area contributed by atoms with Crippen molar-refractivity contribution in [2.45, 2.75) is 25.8 Å². The third kappa shape index (κ3) is 2.88. The second-order valence-corrected chi connectivity index (χ2v) is 6.51. The molecule has 2 atom stereocenters. The average molecular weight is 352 g/mol. The first-order valence-corrected chi connectivity index (χ1v) is 9.01. The Kier molecular flexibility index (Phi) is 4.68. The molecule has 1 aliphatic rings. The maximum atomic E-state index is 10.6. The fourth-order valence-corrected chi connectivity index (χ4v) is 3.89. The van der Waals surface area contributed by atoms with Gasteiger partial charge in [0.1, 0.15) is 5.75 Å². The van der Waals surface area contributed by atoms with Gasteiger partial charge >= 0.3 is 0 Å². The molecule has 3 aromatic rings. The third-order valence-corrected chi connectivity index (χ3v) is 5.10. The summed E-state index contributed by atoms with van der Waals surface area (Å²) in [5.41, 5.74) is 4.67. The molecule has 2 unspecified atom stereocenters. The summed E-state index contributed by atoms with van der Waals surface area (Å²) < 4.78 is 10.8. The van der Waals surface area contributed by atoms with Crippen molar-refractivity contribution in [3.63, 3.8) is 0 Å². The van der Waals surface area contributed by atoms with E-state index < -0.39 is 6.41 Å². The van der Waals surface area contributed by atoms with Crippen LogP contribution in [0.2, 0.25) is 0 Å². The van der Waals surface area contributed by atoms with Crippen LogP contribution in [0.3, 0.4) is 0 Å². The molecule has 1 aromatic heterocycles. The van der Waals surface area contributed by atoms with Crippen LogP contribution >= 0.6 is 0 Å². The Morgan fingerprint density at radius 1 is 1.19 bits per heavy atom. The summed E-state index contributed by atoms with van der Waals surface area (Å²) >= 11 is 0. The number of H-pyrrole nitrogens is 1. The molecule has 0 bridgehead atoms. The minimum absolute atomic E-state index is 0.0985. The largest absolute Gasteiger partial charge is 0.497 e. The number of ether oxygens (including phenoxy) is 2. The predicted molar refractivity (Wildman–Crippen MR) is 101 cm³/mol. The van der Waals surface area contributed by atoms with E-state index >= 15 is 0 Å².